The molecule has 0 unspecified atom stereocenters. The second-order valence-electron chi connectivity index (χ2n) is 9.24. The molecule has 1 amide bonds. The van der Waals surface area contributed by atoms with Gasteiger partial charge in [0.05, 0.1) is 12.1 Å². The van der Waals surface area contributed by atoms with Gasteiger partial charge in [-0.25, -0.2) is 4.63 Å². The second-order valence-corrected chi connectivity index (χ2v) is 9.24. The third-order valence-corrected chi connectivity index (χ3v) is 5.60. The number of benzene rings is 2. The first-order valence-electron chi connectivity index (χ1n) is 11.3. The predicted molar refractivity (Wildman–Crippen MR) is 127 cm³/mol. The van der Waals surface area contributed by atoms with Crippen molar-refractivity contribution in [3.05, 3.63) is 53.3 Å². The van der Waals surface area contributed by atoms with Crippen LogP contribution in [0, 0.1) is 6.92 Å². The molecule has 2 aromatic carbocycles. The van der Waals surface area contributed by atoms with Crippen molar-refractivity contribution in [3.8, 4) is 28.4 Å². The summed E-state index contributed by atoms with van der Waals surface area (Å²) >= 11 is 0. The van der Waals surface area contributed by atoms with Gasteiger partial charge in [0.15, 0.2) is 18.1 Å². The molecule has 186 valence electrons. The molecule has 0 bridgehead atoms. The topological polar surface area (TPSA) is 119 Å². The Morgan fingerprint density at radius 2 is 1.86 bits per heavy atom. The van der Waals surface area contributed by atoms with E-state index in [1.165, 1.54) is 0 Å². The van der Waals surface area contributed by atoms with Crippen molar-refractivity contribution < 1.29 is 28.7 Å². The van der Waals surface area contributed by atoms with Crippen LogP contribution in [0.25, 0.3) is 11.1 Å². The van der Waals surface area contributed by atoms with E-state index in [-0.39, 0.29) is 25.9 Å². The Kier molecular flexibility index (Phi) is 7.23. The Hall–Kier alpha value is -3.63. The highest BCUT2D eigenvalue weighted by Gasteiger charge is 2.20. The maximum Gasteiger partial charge on any atom is 0.258 e. The summed E-state index contributed by atoms with van der Waals surface area (Å²) < 4.78 is 21.7. The Morgan fingerprint density at radius 1 is 1.11 bits per heavy atom. The number of aliphatic hydroxyl groups is 1. The van der Waals surface area contributed by atoms with Gasteiger partial charge in [-0.3, -0.25) is 9.69 Å². The van der Waals surface area contributed by atoms with Gasteiger partial charge in [0.25, 0.3) is 5.91 Å². The van der Waals surface area contributed by atoms with E-state index in [1.807, 2.05) is 50.4 Å². The first kappa shape index (κ1) is 24.5. The quantitative estimate of drug-likeness (QED) is 0.449. The van der Waals surface area contributed by atoms with Crippen LogP contribution >= 0.6 is 0 Å². The lowest BCUT2D eigenvalue weighted by molar-refractivity contribution is -0.125. The summed E-state index contributed by atoms with van der Waals surface area (Å²) in [6, 6.07) is 11.6. The fraction of sp³-hybridized carbons (Fsp3) is 0.400. The van der Waals surface area contributed by atoms with Gasteiger partial charge in [0.2, 0.25) is 6.79 Å². The molecular formula is C25H30N4O6. The average Bonchev–Trinajstić information content (AvgIpc) is 3.46. The molecule has 10 heteroatoms. The molecule has 4 rings (SSSR count). The summed E-state index contributed by atoms with van der Waals surface area (Å²) in [6.07, 6.45) is 0. The van der Waals surface area contributed by atoms with Crippen molar-refractivity contribution in [2.45, 2.75) is 39.4 Å². The number of aryl methyl sites for hydroxylation is 1. The maximum absolute atomic E-state index is 12.4. The van der Waals surface area contributed by atoms with Crippen molar-refractivity contribution in [2.75, 3.05) is 27.1 Å². The predicted octanol–water partition coefficient (Wildman–Crippen LogP) is 2.67. The van der Waals surface area contributed by atoms with E-state index in [4.69, 9.17) is 18.8 Å². The number of hydrogen-bond donors (Lipinski definition) is 2. The molecule has 0 atom stereocenters. The van der Waals surface area contributed by atoms with E-state index in [9.17, 15) is 9.90 Å². The average molecular weight is 483 g/mol. The number of carbonyl (C=O) groups is 1. The Labute approximate surface area is 203 Å². The molecule has 0 fully saturated rings. The summed E-state index contributed by atoms with van der Waals surface area (Å²) in [5.41, 5.74) is 3.62. The lowest BCUT2D eigenvalue weighted by Crippen LogP contribution is -2.48. The molecule has 2 N–H and O–H groups in total. The molecule has 3 aromatic rings. The van der Waals surface area contributed by atoms with E-state index >= 15 is 0 Å². The minimum atomic E-state index is -0.726. The zero-order valence-corrected chi connectivity index (χ0v) is 20.3. The van der Waals surface area contributed by atoms with Crippen LogP contribution < -0.4 is 19.5 Å². The van der Waals surface area contributed by atoms with Crippen LogP contribution in [0.15, 0.2) is 41.0 Å². The molecule has 2 heterocycles. The molecule has 0 radical (unpaired) electrons. The summed E-state index contributed by atoms with van der Waals surface area (Å²) in [6.45, 7) is 6.27. The standard InChI is InChI=1S/C25H30N4O6/c1-16-20(28-35-27-16)12-29(4)11-19-9-17(18-6-8-22-23(10-18)34-15-33-22)5-7-21(19)32-13-24(31)26-25(2,3)14-30/h5-10,30H,11-15H2,1-4H3,(H,26,31). The van der Waals surface area contributed by atoms with Crippen LogP contribution in [0.1, 0.15) is 30.8 Å². The number of amides is 1. The normalized spacial score (nSPS) is 12.7. The third-order valence-electron chi connectivity index (χ3n) is 5.60. The SMILES string of the molecule is Cc1nonc1CN(C)Cc1cc(-c2ccc3c(c2)OCO3)ccc1OCC(=O)NC(C)(C)CO. The highest BCUT2D eigenvalue weighted by Crippen LogP contribution is 2.37. The number of carbonyl (C=O) groups excluding carboxylic acids is 1. The molecule has 1 aliphatic rings. The number of fused-ring (bicyclic) bond motifs is 1. The van der Waals surface area contributed by atoms with Crippen LogP contribution in [0.2, 0.25) is 0 Å². The molecule has 0 aliphatic carbocycles. The van der Waals surface area contributed by atoms with Crippen LogP contribution in [0.5, 0.6) is 17.2 Å². The van der Waals surface area contributed by atoms with E-state index < -0.39 is 5.54 Å². The van der Waals surface area contributed by atoms with E-state index in [0.29, 0.717) is 24.6 Å². The van der Waals surface area contributed by atoms with E-state index in [2.05, 4.69) is 20.5 Å². The van der Waals surface area contributed by atoms with Crippen molar-refractivity contribution in [2.24, 2.45) is 0 Å². The fourth-order valence-electron chi connectivity index (χ4n) is 3.69. The number of nitrogens with one attached hydrogen (secondary N) is 1. The zero-order valence-electron chi connectivity index (χ0n) is 20.3. The molecule has 0 spiro atoms. The summed E-state index contributed by atoms with van der Waals surface area (Å²) in [5.74, 6) is 1.71. The van der Waals surface area contributed by atoms with E-state index in [1.54, 1.807) is 13.8 Å². The van der Waals surface area contributed by atoms with Gasteiger partial charge in [-0.2, -0.15) is 0 Å². The lowest BCUT2D eigenvalue weighted by atomic mass is 10.0. The summed E-state index contributed by atoms with van der Waals surface area (Å²) in [5, 5.41) is 20.0. The monoisotopic (exact) mass is 482 g/mol. The minimum Gasteiger partial charge on any atom is -0.483 e. The first-order chi connectivity index (χ1) is 16.7. The Bertz CT molecular complexity index is 1190. The third kappa shape index (κ3) is 6.09. The van der Waals surface area contributed by atoms with Gasteiger partial charge < -0.3 is 24.6 Å². The largest absolute Gasteiger partial charge is 0.483 e. The Balaban J connectivity index is 1.55. The highest BCUT2D eigenvalue weighted by molar-refractivity contribution is 5.78. The van der Waals surface area contributed by atoms with Gasteiger partial charge in [-0.15, -0.1) is 0 Å². The van der Waals surface area contributed by atoms with Crippen molar-refractivity contribution in [3.63, 3.8) is 0 Å². The van der Waals surface area contributed by atoms with Gasteiger partial charge in [-0.1, -0.05) is 22.4 Å². The number of rotatable bonds is 10. The minimum absolute atomic E-state index is 0.171. The molecular weight excluding hydrogens is 452 g/mol. The number of hydrogen-bond acceptors (Lipinski definition) is 9. The van der Waals surface area contributed by atoms with Crippen LogP contribution in [0.4, 0.5) is 0 Å². The second kappa shape index (κ2) is 10.3. The number of ether oxygens (including phenoxy) is 3. The number of aromatic nitrogens is 2. The number of nitrogens with zero attached hydrogens (tertiary/aromatic N) is 3. The summed E-state index contributed by atoms with van der Waals surface area (Å²) in [4.78, 5) is 14.4. The van der Waals surface area contributed by atoms with Crippen molar-refractivity contribution in [1.29, 1.82) is 0 Å². The van der Waals surface area contributed by atoms with Crippen LogP contribution in [0.3, 0.4) is 0 Å². The molecule has 35 heavy (non-hydrogen) atoms. The summed E-state index contributed by atoms with van der Waals surface area (Å²) in [7, 11) is 1.96. The first-order valence-corrected chi connectivity index (χ1v) is 11.3. The Morgan fingerprint density at radius 3 is 2.60 bits per heavy atom. The zero-order chi connectivity index (χ0) is 25.0. The van der Waals surface area contributed by atoms with Crippen LogP contribution in [-0.4, -0.2) is 58.8 Å². The smallest absolute Gasteiger partial charge is 0.258 e. The highest BCUT2D eigenvalue weighted by atomic mass is 16.7. The van der Waals surface area contributed by atoms with Crippen molar-refractivity contribution in [1.82, 2.24) is 20.5 Å². The molecule has 1 aliphatic heterocycles. The van der Waals surface area contributed by atoms with Crippen molar-refractivity contribution >= 4 is 5.91 Å². The van der Waals surface area contributed by atoms with Gasteiger partial charge >= 0.3 is 0 Å². The van der Waals surface area contributed by atoms with Gasteiger partial charge in [-0.05, 0) is 63.2 Å². The van der Waals surface area contributed by atoms with E-state index in [0.717, 1.165) is 33.8 Å². The fourth-order valence-corrected chi connectivity index (χ4v) is 3.69. The molecule has 0 saturated heterocycles. The molecule has 1 aromatic heterocycles. The maximum atomic E-state index is 12.4. The number of aliphatic hydroxyl groups excluding tert-OH is 1. The molecule has 0 saturated carbocycles. The van der Waals surface area contributed by atoms with Gasteiger partial charge in [0, 0.05) is 18.7 Å². The molecule has 10 nitrogen and oxygen atoms in total. The lowest BCUT2D eigenvalue weighted by Gasteiger charge is -2.24. The van der Waals surface area contributed by atoms with Crippen LogP contribution in [-0.2, 0) is 17.9 Å². The van der Waals surface area contributed by atoms with Gasteiger partial charge in [0.1, 0.15) is 17.1 Å².